The van der Waals surface area contributed by atoms with Crippen LogP contribution in [0.2, 0.25) is 0 Å². The average Bonchev–Trinajstić information content (AvgIpc) is 2.95. The van der Waals surface area contributed by atoms with Crippen LogP contribution in [-0.4, -0.2) is 29.0 Å². The minimum atomic E-state index is -3.86. The summed E-state index contributed by atoms with van der Waals surface area (Å²) in [7, 11) is -3.86. The molecule has 0 atom stereocenters. The number of nitrogens with one attached hydrogen (secondary N) is 2. The van der Waals surface area contributed by atoms with Crippen molar-refractivity contribution < 1.29 is 47.7 Å². The molecule has 3 aromatic carbocycles. The third-order valence-corrected chi connectivity index (χ3v) is 7.29. The summed E-state index contributed by atoms with van der Waals surface area (Å²) in [5, 5.41) is 52.4. The third kappa shape index (κ3) is 7.72. The van der Waals surface area contributed by atoms with E-state index in [9.17, 15) is 33.2 Å². The van der Waals surface area contributed by atoms with Gasteiger partial charge in [0.05, 0.1) is 44.5 Å². The van der Waals surface area contributed by atoms with E-state index < -0.39 is 47.8 Å². The Labute approximate surface area is 235 Å². The highest BCUT2D eigenvalue weighted by atomic mass is 32.2. The maximum atomic E-state index is 12.9. The van der Waals surface area contributed by atoms with Gasteiger partial charge in [-0.15, -0.1) is 8.67 Å². The predicted octanol–water partition coefficient (Wildman–Crippen LogP) is 1.53. The molecule has 0 unspecified atom stereocenters. The first kappa shape index (κ1) is 31.3. The van der Waals surface area contributed by atoms with Gasteiger partial charge in [0, 0.05) is 16.4 Å². The summed E-state index contributed by atoms with van der Waals surface area (Å²) in [5.74, 6) is -0.853. The van der Waals surface area contributed by atoms with E-state index in [0.29, 0.717) is 29.5 Å². The summed E-state index contributed by atoms with van der Waals surface area (Å²) in [6, 6.07) is 7.48. The molecule has 0 bridgehead atoms. The summed E-state index contributed by atoms with van der Waals surface area (Å²) in [5.41, 5.74) is 1.73. The summed E-state index contributed by atoms with van der Waals surface area (Å²) < 4.78 is 32.7. The van der Waals surface area contributed by atoms with Crippen molar-refractivity contribution in [1.29, 1.82) is 0 Å². The van der Waals surface area contributed by atoms with Crippen molar-refractivity contribution in [3.8, 4) is 5.75 Å². The van der Waals surface area contributed by atoms with Crippen LogP contribution >= 0.6 is 24.1 Å². The lowest BCUT2D eigenvalue weighted by molar-refractivity contribution is -0.432. The average molecular weight is 630 g/mol. The van der Waals surface area contributed by atoms with Crippen molar-refractivity contribution in [3.63, 3.8) is 0 Å². The molecule has 41 heavy (non-hydrogen) atoms. The summed E-state index contributed by atoms with van der Waals surface area (Å²) >= 11 is 0.720. The fraction of sp³-hybridized carbons (Fsp3) is 0. The second-order valence-electron chi connectivity index (χ2n) is 7.12. The molecule has 3 aromatic rings. The second-order valence-corrected chi connectivity index (χ2v) is 10.5. The van der Waals surface area contributed by atoms with Crippen molar-refractivity contribution in [2.75, 3.05) is 10.9 Å². The SMILES string of the molecule is C=CS(=O)(=O)c1ccc(NN=c2c(=O)ccc(=NNc3cc(SOOO)cc([N+](=O)[O-])c3O)c2=O)c(SOOO)c1. The van der Waals surface area contributed by atoms with Crippen molar-refractivity contribution in [3.05, 3.63) is 95.7 Å². The quantitative estimate of drug-likeness (QED) is 0.0590. The van der Waals surface area contributed by atoms with Gasteiger partial charge in [0.1, 0.15) is 11.0 Å². The topological polar surface area (TPSA) is 258 Å². The predicted molar refractivity (Wildman–Crippen MR) is 140 cm³/mol. The van der Waals surface area contributed by atoms with Gasteiger partial charge in [0.15, 0.2) is 15.2 Å². The standard InChI is InChI=1S/C20H15N5O13S3/c1-2-41(33,34)11-3-4-12(17(9-11)40-38-36-32)21-24-18-16(26)6-5-13(20(18)28)22-23-14-7-10(39-37-35-31)8-15(19(14)27)25(29)30/h2-9,21,23,27,31-32H,1H2. The van der Waals surface area contributed by atoms with E-state index in [1.807, 2.05) is 0 Å². The Morgan fingerprint density at radius 2 is 1.66 bits per heavy atom. The zero-order valence-corrected chi connectivity index (χ0v) is 22.3. The zero-order chi connectivity index (χ0) is 30.2. The number of hydrogen-bond acceptors (Lipinski definition) is 19. The summed E-state index contributed by atoms with van der Waals surface area (Å²) in [4.78, 5) is 35.4. The maximum Gasteiger partial charge on any atom is 0.314 e. The monoisotopic (exact) mass is 629 g/mol. The smallest absolute Gasteiger partial charge is 0.314 e. The van der Waals surface area contributed by atoms with Gasteiger partial charge in [-0.2, -0.15) is 10.2 Å². The molecule has 0 saturated heterocycles. The van der Waals surface area contributed by atoms with E-state index in [0.717, 1.165) is 30.3 Å². The molecule has 0 fully saturated rings. The number of nitro benzene ring substituents is 1. The molecule has 0 aliphatic rings. The van der Waals surface area contributed by atoms with E-state index in [4.69, 9.17) is 10.5 Å². The number of phenols is 1. The van der Waals surface area contributed by atoms with Gasteiger partial charge >= 0.3 is 5.69 Å². The number of anilines is 2. The van der Waals surface area contributed by atoms with E-state index in [2.05, 4.69) is 46.4 Å². The van der Waals surface area contributed by atoms with Gasteiger partial charge in [0.25, 0.3) is 0 Å². The molecule has 5 N–H and O–H groups in total. The van der Waals surface area contributed by atoms with Gasteiger partial charge in [-0.25, -0.2) is 18.9 Å². The number of hydrogen-bond donors (Lipinski definition) is 5. The Hall–Kier alpha value is -4.19. The van der Waals surface area contributed by atoms with E-state index in [1.165, 1.54) is 12.1 Å². The zero-order valence-electron chi connectivity index (χ0n) is 19.8. The van der Waals surface area contributed by atoms with Crippen molar-refractivity contribution in [2.45, 2.75) is 14.7 Å². The Morgan fingerprint density at radius 3 is 2.32 bits per heavy atom. The number of nitrogens with zero attached hydrogens (tertiary/aromatic N) is 3. The molecule has 0 aromatic heterocycles. The molecule has 21 heteroatoms. The van der Waals surface area contributed by atoms with Crippen LogP contribution in [0.4, 0.5) is 17.1 Å². The fourth-order valence-corrected chi connectivity index (χ4v) is 4.61. The molecule has 0 spiro atoms. The highest BCUT2D eigenvalue weighted by Gasteiger charge is 2.20. The van der Waals surface area contributed by atoms with Crippen LogP contribution in [-0.2, 0) is 28.6 Å². The minimum absolute atomic E-state index is 0.00136. The Kier molecular flexibility index (Phi) is 10.6. The molecule has 0 heterocycles. The van der Waals surface area contributed by atoms with Gasteiger partial charge in [-0.3, -0.25) is 30.6 Å². The van der Waals surface area contributed by atoms with E-state index in [1.54, 1.807) is 0 Å². The fourth-order valence-electron chi connectivity index (χ4n) is 2.88. The molecular weight excluding hydrogens is 614 g/mol. The first-order valence-electron chi connectivity index (χ1n) is 10.3. The van der Waals surface area contributed by atoms with E-state index >= 15 is 0 Å². The number of rotatable bonds is 13. The molecule has 0 aliphatic carbocycles. The van der Waals surface area contributed by atoms with Crippen molar-refractivity contribution in [1.82, 2.24) is 0 Å². The van der Waals surface area contributed by atoms with E-state index in [-0.39, 0.29) is 26.1 Å². The van der Waals surface area contributed by atoms with Gasteiger partial charge in [-0.1, -0.05) is 16.7 Å². The van der Waals surface area contributed by atoms with Crippen LogP contribution in [0.15, 0.2) is 88.9 Å². The molecular formula is C20H15N5O13S3. The molecule has 216 valence electrons. The van der Waals surface area contributed by atoms with Crippen LogP contribution in [0.1, 0.15) is 0 Å². The Balaban J connectivity index is 2.03. The number of benzene rings is 3. The normalized spacial score (nSPS) is 12.3. The second kappa shape index (κ2) is 13.9. The van der Waals surface area contributed by atoms with Crippen LogP contribution in [0.5, 0.6) is 5.75 Å². The van der Waals surface area contributed by atoms with Crippen LogP contribution in [0, 0.1) is 10.1 Å². The highest BCUT2D eigenvalue weighted by molar-refractivity contribution is 7.95. The largest absolute Gasteiger partial charge is 0.501 e. The molecule has 0 saturated carbocycles. The first-order valence-corrected chi connectivity index (χ1v) is 13.3. The molecule has 18 nitrogen and oxygen atoms in total. The van der Waals surface area contributed by atoms with Crippen LogP contribution < -0.4 is 32.4 Å². The Morgan fingerprint density at radius 1 is 0.976 bits per heavy atom. The number of sulfone groups is 1. The first-order chi connectivity index (χ1) is 19.5. The maximum absolute atomic E-state index is 12.9. The number of aromatic hydroxyl groups is 1. The van der Waals surface area contributed by atoms with Crippen molar-refractivity contribution >= 4 is 51.0 Å². The highest BCUT2D eigenvalue weighted by Crippen LogP contribution is 2.38. The molecule has 0 radical (unpaired) electrons. The third-order valence-electron chi connectivity index (χ3n) is 4.73. The lowest BCUT2D eigenvalue weighted by atomic mass is 10.2. The van der Waals surface area contributed by atoms with Gasteiger partial charge < -0.3 is 5.11 Å². The number of phenolic OH excluding ortho intramolecular Hbond substituents is 1. The molecule has 0 amide bonds. The molecule has 0 aliphatic heterocycles. The van der Waals surface area contributed by atoms with Crippen LogP contribution in [0.25, 0.3) is 0 Å². The van der Waals surface area contributed by atoms with Crippen LogP contribution in [0.3, 0.4) is 0 Å². The summed E-state index contributed by atoms with van der Waals surface area (Å²) in [6.07, 6.45) is 0. The number of nitro groups is 1. The lowest BCUT2D eigenvalue weighted by Crippen LogP contribution is -2.48. The Bertz CT molecular complexity index is 1810. The van der Waals surface area contributed by atoms with Gasteiger partial charge in [-0.05, 0) is 36.4 Å². The van der Waals surface area contributed by atoms with Gasteiger partial charge in [0.2, 0.25) is 16.6 Å². The minimum Gasteiger partial charge on any atom is -0.501 e. The van der Waals surface area contributed by atoms with Crippen molar-refractivity contribution in [2.24, 2.45) is 10.2 Å². The lowest BCUT2D eigenvalue weighted by Gasteiger charge is -2.08. The summed E-state index contributed by atoms with van der Waals surface area (Å²) in [6.45, 7) is 3.22. The molecule has 3 rings (SSSR count).